The molecule has 3 aliphatic rings. The first-order chi connectivity index (χ1) is 6.15. The molecule has 0 aromatic carbocycles. The summed E-state index contributed by atoms with van der Waals surface area (Å²) in [5, 5.41) is 9.18. The number of Topliss-reactive ketones (excluding diaryl/α,β-unsaturated/α-hetero) is 1. The number of hydrogen-bond donors (Lipinski definition) is 1. The van der Waals surface area contributed by atoms with Crippen LogP contribution in [0.2, 0.25) is 0 Å². The Bertz CT molecular complexity index is 272. The van der Waals surface area contributed by atoms with Gasteiger partial charge in [-0.1, -0.05) is 27.6 Å². The van der Waals surface area contributed by atoms with E-state index in [0.717, 1.165) is 6.42 Å². The molecular weight excluding hydrogens is 232 g/mol. The second-order valence-corrected chi connectivity index (χ2v) is 5.01. The van der Waals surface area contributed by atoms with Gasteiger partial charge in [-0.3, -0.25) is 4.79 Å². The van der Waals surface area contributed by atoms with Crippen molar-refractivity contribution in [3.8, 4) is 0 Å². The number of aliphatic hydroxyl groups is 1. The number of carbonyl (C=O) groups excluding carboxylic acids is 1. The maximum Gasteiger partial charge on any atom is 0.153 e. The zero-order valence-corrected chi connectivity index (χ0v) is 9.12. The summed E-state index contributed by atoms with van der Waals surface area (Å²) in [5.41, 5.74) is 1.26. The molecule has 3 heteroatoms. The molecule has 1 fully saturated rings. The van der Waals surface area contributed by atoms with Gasteiger partial charge in [0.25, 0.3) is 0 Å². The summed E-state index contributed by atoms with van der Waals surface area (Å²) in [4.78, 5) is 11.6. The molecule has 3 rings (SSSR count). The number of rotatable bonds is 1. The molecule has 0 amide bonds. The first-order valence-electron chi connectivity index (χ1n) is 4.62. The van der Waals surface area contributed by atoms with Crippen LogP contribution in [0.15, 0.2) is 11.6 Å². The van der Waals surface area contributed by atoms with E-state index in [0.29, 0.717) is 5.78 Å². The van der Waals surface area contributed by atoms with E-state index in [2.05, 4.69) is 28.9 Å². The van der Waals surface area contributed by atoms with Crippen LogP contribution in [-0.2, 0) is 4.79 Å². The van der Waals surface area contributed by atoms with E-state index in [9.17, 15) is 9.90 Å². The Morgan fingerprint density at radius 2 is 2.38 bits per heavy atom. The number of ketones is 1. The predicted molar refractivity (Wildman–Crippen MR) is 53.7 cm³/mol. The van der Waals surface area contributed by atoms with Gasteiger partial charge in [-0.2, -0.15) is 0 Å². The molecule has 1 N–H and O–H groups in total. The van der Waals surface area contributed by atoms with Crippen molar-refractivity contribution in [1.29, 1.82) is 0 Å². The minimum Gasteiger partial charge on any atom is -0.396 e. The van der Waals surface area contributed by atoms with Crippen molar-refractivity contribution in [1.82, 2.24) is 0 Å². The van der Waals surface area contributed by atoms with Crippen LogP contribution in [-0.4, -0.2) is 22.3 Å². The van der Waals surface area contributed by atoms with E-state index < -0.39 is 0 Å². The highest BCUT2D eigenvalue weighted by molar-refractivity contribution is 9.10. The Kier molecular flexibility index (Phi) is 2.32. The molecule has 0 unspecified atom stereocenters. The summed E-state index contributed by atoms with van der Waals surface area (Å²) < 4.78 is 0. The highest BCUT2D eigenvalue weighted by atomic mass is 79.9. The van der Waals surface area contributed by atoms with Crippen molar-refractivity contribution < 1.29 is 9.90 Å². The van der Waals surface area contributed by atoms with Gasteiger partial charge in [0.15, 0.2) is 5.78 Å². The molecule has 72 valence electrons. The number of halogens is 1. The van der Waals surface area contributed by atoms with Gasteiger partial charge in [0.2, 0.25) is 0 Å². The SMILES string of the molecule is CC1=C[C@@H]2C[C@@H](CO)[C@H]1[C@@H](Br)C2=O. The fraction of sp³-hybridized carbons (Fsp3) is 0.700. The third-order valence-electron chi connectivity index (χ3n) is 3.24. The van der Waals surface area contributed by atoms with Crippen molar-refractivity contribution in [2.75, 3.05) is 6.61 Å². The number of aliphatic hydroxyl groups excluding tert-OH is 1. The third kappa shape index (κ3) is 1.29. The van der Waals surface area contributed by atoms with Gasteiger partial charge in [-0.25, -0.2) is 0 Å². The Morgan fingerprint density at radius 3 is 2.92 bits per heavy atom. The molecule has 0 aromatic rings. The summed E-state index contributed by atoms with van der Waals surface area (Å²) in [7, 11) is 0. The van der Waals surface area contributed by atoms with Gasteiger partial charge < -0.3 is 5.11 Å². The lowest BCUT2D eigenvalue weighted by Gasteiger charge is -2.42. The van der Waals surface area contributed by atoms with Crippen molar-refractivity contribution in [3.05, 3.63) is 11.6 Å². The topological polar surface area (TPSA) is 37.3 Å². The molecule has 0 saturated heterocycles. The van der Waals surface area contributed by atoms with Gasteiger partial charge in [-0.15, -0.1) is 0 Å². The van der Waals surface area contributed by atoms with Crippen LogP contribution in [0.25, 0.3) is 0 Å². The summed E-state index contributed by atoms with van der Waals surface area (Å²) >= 11 is 3.43. The Morgan fingerprint density at radius 1 is 1.69 bits per heavy atom. The average Bonchev–Trinajstić information content (AvgIpc) is 2.12. The molecule has 2 nitrogen and oxygen atoms in total. The summed E-state index contributed by atoms with van der Waals surface area (Å²) in [6.45, 7) is 2.25. The first-order valence-corrected chi connectivity index (χ1v) is 5.53. The Balaban J connectivity index is 2.35. The lowest BCUT2D eigenvalue weighted by Crippen LogP contribution is -2.46. The molecule has 0 spiro atoms. The van der Waals surface area contributed by atoms with E-state index >= 15 is 0 Å². The smallest absolute Gasteiger partial charge is 0.153 e. The van der Waals surface area contributed by atoms with Crippen molar-refractivity contribution in [3.63, 3.8) is 0 Å². The molecule has 4 atom stereocenters. The van der Waals surface area contributed by atoms with Crippen molar-refractivity contribution >= 4 is 21.7 Å². The van der Waals surface area contributed by atoms with E-state index in [4.69, 9.17) is 0 Å². The molecule has 13 heavy (non-hydrogen) atoms. The summed E-state index contributed by atoms with van der Waals surface area (Å²) in [5.74, 6) is 0.839. The number of hydrogen-bond acceptors (Lipinski definition) is 2. The molecule has 0 aliphatic heterocycles. The second-order valence-electron chi connectivity index (χ2n) is 4.03. The van der Waals surface area contributed by atoms with Gasteiger partial charge in [0, 0.05) is 18.4 Å². The molecule has 1 saturated carbocycles. The molecule has 0 heterocycles. The van der Waals surface area contributed by atoms with E-state index in [1.54, 1.807) is 0 Å². The van der Waals surface area contributed by atoms with Crippen LogP contribution in [0.1, 0.15) is 13.3 Å². The van der Waals surface area contributed by atoms with Crippen molar-refractivity contribution in [2.45, 2.75) is 18.2 Å². The van der Waals surface area contributed by atoms with Crippen LogP contribution in [0.4, 0.5) is 0 Å². The standard InChI is InChI=1S/C10H13BrO2/c1-5-2-6-3-7(4-12)8(5)9(11)10(6)13/h2,6-9,12H,3-4H2,1H3/t6-,7+,8+,9-/m1/s1. The van der Waals surface area contributed by atoms with Crippen molar-refractivity contribution in [2.24, 2.45) is 17.8 Å². The lowest BCUT2D eigenvalue weighted by atomic mass is 9.65. The molecular formula is C10H13BrO2. The monoisotopic (exact) mass is 244 g/mol. The van der Waals surface area contributed by atoms with Crippen LogP contribution in [0.3, 0.4) is 0 Å². The van der Waals surface area contributed by atoms with Gasteiger partial charge in [0.1, 0.15) is 0 Å². The molecule has 0 aromatic heterocycles. The van der Waals surface area contributed by atoms with Crippen LogP contribution < -0.4 is 0 Å². The minimum absolute atomic E-state index is 0.0477. The van der Waals surface area contributed by atoms with E-state index in [1.807, 2.05) is 0 Å². The molecule has 0 radical (unpaired) electrons. The maximum absolute atomic E-state index is 11.6. The van der Waals surface area contributed by atoms with Gasteiger partial charge in [0.05, 0.1) is 4.83 Å². The van der Waals surface area contributed by atoms with Crippen LogP contribution in [0.5, 0.6) is 0 Å². The minimum atomic E-state index is -0.0617. The predicted octanol–water partition coefficient (Wildman–Crippen LogP) is 1.52. The Labute approximate surface area is 86.1 Å². The number of fused-ring (bicyclic) bond motifs is 2. The molecule has 3 aliphatic carbocycles. The fourth-order valence-corrected chi connectivity index (χ4v) is 3.77. The van der Waals surface area contributed by atoms with Crippen LogP contribution in [0, 0.1) is 17.8 Å². The lowest BCUT2D eigenvalue weighted by molar-refractivity contribution is -0.125. The largest absolute Gasteiger partial charge is 0.396 e. The number of alkyl halides is 1. The third-order valence-corrected chi connectivity index (χ3v) is 4.26. The van der Waals surface area contributed by atoms with E-state index in [-0.39, 0.29) is 29.2 Å². The number of carbonyl (C=O) groups is 1. The average molecular weight is 245 g/mol. The molecule has 2 bridgehead atoms. The highest BCUT2D eigenvalue weighted by Gasteiger charge is 2.45. The fourth-order valence-electron chi connectivity index (χ4n) is 2.58. The highest BCUT2D eigenvalue weighted by Crippen LogP contribution is 2.45. The van der Waals surface area contributed by atoms with Gasteiger partial charge in [-0.05, 0) is 19.3 Å². The number of allylic oxidation sites excluding steroid dienone is 2. The first kappa shape index (κ1) is 9.41. The van der Waals surface area contributed by atoms with E-state index in [1.165, 1.54) is 5.57 Å². The summed E-state index contributed by atoms with van der Waals surface area (Å²) in [6.07, 6.45) is 2.90. The zero-order valence-electron chi connectivity index (χ0n) is 7.53. The quantitative estimate of drug-likeness (QED) is 0.561. The summed E-state index contributed by atoms with van der Waals surface area (Å²) in [6, 6.07) is 0. The van der Waals surface area contributed by atoms with Gasteiger partial charge >= 0.3 is 0 Å². The normalized spacial score (nSPS) is 43.6. The zero-order chi connectivity index (χ0) is 9.59. The Hall–Kier alpha value is -0.150. The second kappa shape index (κ2) is 3.21. The maximum atomic E-state index is 11.6. The van der Waals surface area contributed by atoms with Crippen LogP contribution >= 0.6 is 15.9 Å².